The highest BCUT2D eigenvalue weighted by molar-refractivity contribution is 5.94. The van der Waals surface area contributed by atoms with Crippen LogP contribution in [0.1, 0.15) is 5.56 Å². The van der Waals surface area contributed by atoms with E-state index in [0.717, 1.165) is 17.7 Å². The van der Waals surface area contributed by atoms with E-state index in [1.54, 1.807) is 12.1 Å². The first kappa shape index (κ1) is 21.1. The summed E-state index contributed by atoms with van der Waals surface area (Å²) >= 11 is 0. The molecule has 0 heterocycles. The van der Waals surface area contributed by atoms with Gasteiger partial charge in [0.25, 0.3) is 5.91 Å². The number of anilines is 1. The number of hydrogen-bond acceptors (Lipinski definition) is 4. The summed E-state index contributed by atoms with van der Waals surface area (Å²) in [6, 6.07) is 11.9. The van der Waals surface area contributed by atoms with Crippen molar-refractivity contribution in [2.75, 3.05) is 25.5 Å². The average molecular weight is 396 g/mol. The number of aryl methyl sites for hydroxylation is 1. The van der Waals surface area contributed by atoms with Gasteiger partial charge in [-0.25, -0.2) is 0 Å². The third-order valence-corrected chi connectivity index (χ3v) is 3.56. The van der Waals surface area contributed by atoms with Crippen molar-refractivity contribution in [3.63, 3.8) is 0 Å². The molecule has 2 rings (SSSR count). The van der Waals surface area contributed by atoms with E-state index in [9.17, 15) is 22.8 Å². The molecule has 2 aromatic carbocycles. The fourth-order valence-corrected chi connectivity index (χ4v) is 2.13. The van der Waals surface area contributed by atoms with E-state index in [-0.39, 0.29) is 18.8 Å². The van der Waals surface area contributed by atoms with Gasteiger partial charge in [-0.2, -0.15) is 0 Å². The predicted octanol–water partition coefficient (Wildman–Crippen LogP) is 3.37. The van der Waals surface area contributed by atoms with Gasteiger partial charge >= 0.3 is 6.36 Å². The lowest BCUT2D eigenvalue weighted by Crippen LogP contribution is -2.37. The summed E-state index contributed by atoms with van der Waals surface area (Å²) in [5.74, 6) is -0.760. The van der Waals surface area contributed by atoms with Gasteiger partial charge < -0.3 is 19.7 Å². The molecule has 0 aromatic heterocycles. The minimum Gasteiger partial charge on any atom is -0.484 e. The van der Waals surface area contributed by atoms with Crippen molar-refractivity contribution in [2.45, 2.75) is 13.3 Å². The number of ether oxygens (including phenoxy) is 2. The number of carbonyl (C=O) groups excluding carboxylic acids is 2. The van der Waals surface area contributed by atoms with Crippen LogP contribution in [-0.2, 0) is 9.59 Å². The molecule has 28 heavy (non-hydrogen) atoms. The molecule has 0 aliphatic heterocycles. The standard InChI is InChI=1S/C19H19F3N2O4/c1-13-3-7-15(8-4-13)27-12-18(26)24(2)11-17(25)23-14-5-9-16(10-6-14)28-19(20,21)22/h3-10H,11-12H2,1-2H3,(H,23,25). The molecular weight excluding hydrogens is 377 g/mol. The zero-order valence-corrected chi connectivity index (χ0v) is 15.2. The summed E-state index contributed by atoms with van der Waals surface area (Å²) in [6.45, 7) is 1.46. The van der Waals surface area contributed by atoms with Gasteiger partial charge in [-0.1, -0.05) is 17.7 Å². The predicted molar refractivity (Wildman–Crippen MR) is 96.1 cm³/mol. The van der Waals surface area contributed by atoms with Crippen LogP contribution < -0.4 is 14.8 Å². The second-order valence-corrected chi connectivity index (χ2v) is 5.97. The Morgan fingerprint density at radius 1 is 1.00 bits per heavy atom. The Morgan fingerprint density at radius 2 is 1.57 bits per heavy atom. The average Bonchev–Trinajstić information content (AvgIpc) is 2.61. The van der Waals surface area contributed by atoms with Crippen LogP contribution in [0.4, 0.5) is 18.9 Å². The molecule has 0 radical (unpaired) electrons. The quantitative estimate of drug-likeness (QED) is 0.779. The molecule has 150 valence electrons. The van der Waals surface area contributed by atoms with Gasteiger partial charge in [-0.05, 0) is 43.3 Å². The van der Waals surface area contributed by atoms with E-state index in [0.29, 0.717) is 5.75 Å². The second-order valence-electron chi connectivity index (χ2n) is 5.97. The molecule has 0 aliphatic rings. The maximum absolute atomic E-state index is 12.1. The molecule has 0 unspecified atom stereocenters. The van der Waals surface area contributed by atoms with Crippen molar-refractivity contribution in [1.29, 1.82) is 0 Å². The number of nitrogens with zero attached hydrogens (tertiary/aromatic N) is 1. The SMILES string of the molecule is Cc1ccc(OCC(=O)N(C)CC(=O)Nc2ccc(OC(F)(F)F)cc2)cc1. The highest BCUT2D eigenvalue weighted by Gasteiger charge is 2.30. The smallest absolute Gasteiger partial charge is 0.484 e. The number of amides is 2. The molecule has 0 atom stereocenters. The van der Waals surface area contributed by atoms with Crippen LogP contribution >= 0.6 is 0 Å². The van der Waals surface area contributed by atoms with Crippen molar-refractivity contribution in [2.24, 2.45) is 0 Å². The first-order chi connectivity index (χ1) is 13.1. The van der Waals surface area contributed by atoms with Gasteiger partial charge in [0.15, 0.2) is 6.61 Å². The molecule has 1 N–H and O–H groups in total. The van der Waals surface area contributed by atoms with Gasteiger partial charge in [0.1, 0.15) is 11.5 Å². The lowest BCUT2D eigenvalue weighted by Gasteiger charge is -2.17. The minimum atomic E-state index is -4.78. The van der Waals surface area contributed by atoms with Crippen molar-refractivity contribution >= 4 is 17.5 Å². The van der Waals surface area contributed by atoms with Crippen LogP contribution in [0, 0.1) is 6.92 Å². The fraction of sp³-hybridized carbons (Fsp3) is 0.263. The fourth-order valence-electron chi connectivity index (χ4n) is 2.13. The Bertz CT molecular complexity index is 805. The number of alkyl halides is 3. The molecule has 0 saturated carbocycles. The summed E-state index contributed by atoms with van der Waals surface area (Å²) in [7, 11) is 1.45. The molecule has 0 spiro atoms. The topological polar surface area (TPSA) is 67.9 Å². The molecule has 9 heteroatoms. The number of benzene rings is 2. The van der Waals surface area contributed by atoms with E-state index in [2.05, 4.69) is 10.1 Å². The number of likely N-dealkylation sites (N-methyl/N-ethyl adjacent to an activating group) is 1. The highest BCUT2D eigenvalue weighted by Crippen LogP contribution is 2.23. The summed E-state index contributed by atoms with van der Waals surface area (Å²) in [4.78, 5) is 25.2. The van der Waals surface area contributed by atoms with Gasteiger partial charge in [0.05, 0.1) is 6.54 Å². The van der Waals surface area contributed by atoms with Crippen LogP contribution in [0.3, 0.4) is 0 Å². The normalized spacial score (nSPS) is 10.9. The molecule has 6 nitrogen and oxygen atoms in total. The summed E-state index contributed by atoms with van der Waals surface area (Å²) in [6.07, 6.45) is -4.78. The summed E-state index contributed by atoms with van der Waals surface area (Å²) < 4.78 is 45.5. The molecule has 0 aliphatic carbocycles. The van der Waals surface area contributed by atoms with E-state index >= 15 is 0 Å². The largest absolute Gasteiger partial charge is 0.573 e. The van der Waals surface area contributed by atoms with Crippen LogP contribution in [0.15, 0.2) is 48.5 Å². The first-order valence-corrected chi connectivity index (χ1v) is 8.21. The maximum Gasteiger partial charge on any atom is 0.573 e. The monoisotopic (exact) mass is 396 g/mol. The Morgan fingerprint density at radius 3 is 2.14 bits per heavy atom. The van der Waals surface area contributed by atoms with E-state index in [1.165, 1.54) is 24.1 Å². The Hall–Kier alpha value is -3.23. The Balaban J connectivity index is 1.79. The zero-order valence-electron chi connectivity index (χ0n) is 15.2. The second kappa shape index (κ2) is 9.12. The highest BCUT2D eigenvalue weighted by atomic mass is 19.4. The lowest BCUT2D eigenvalue weighted by molar-refractivity contribution is -0.274. The van der Waals surface area contributed by atoms with Gasteiger partial charge in [-0.3, -0.25) is 9.59 Å². The molecule has 2 aromatic rings. The van der Waals surface area contributed by atoms with Crippen LogP contribution in [0.5, 0.6) is 11.5 Å². The number of carbonyl (C=O) groups is 2. The van der Waals surface area contributed by atoms with Gasteiger partial charge in [0.2, 0.25) is 5.91 Å². The minimum absolute atomic E-state index is 0.226. The van der Waals surface area contributed by atoms with E-state index in [1.807, 2.05) is 19.1 Å². The van der Waals surface area contributed by atoms with Crippen molar-refractivity contribution in [3.8, 4) is 11.5 Å². The third kappa shape index (κ3) is 7.18. The van der Waals surface area contributed by atoms with Crippen molar-refractivity contribution < 1.29 is 32.2 Å². The molecular formula is C19H19F3N2O4. The van der Waals surface area contributed by atoms with Gasteiger partial charge in [-0.15, -0.1) is 13.2 Å². The summed E-state index contributed by atoms with van der Waals surface area (Å²) in [5.41, 5.74) is 1.33. The number of rotatable bonds is 7. The van der Waals surface area contributed by atoms with Crippen molar-refractivity contribution in [3.05, 3.63) is 54.1 Å². The first-order valence-electron chi connectivity index (χ1n) is 8.21. The van der Waals surface area contributed by atoms with Crippen LogP contribution in [-0.4, -0.2) is 43.3 Å². The molecule has 0 fully saturated rings. The maximum atomic E-state index is 12.1. The lowest BCUT2D eigenvalue weighted by atomic mass is 10.2. The van der Waals surface area contributed by atoms with Crippen molar-refractivity contribution in [1.82, 2.24) is 4.90 Å². The molecule has 2 amide bonds. The third-order valence-electron chi connectivity index (χ3n) is 3.56. The Labute approximate surface area is 159 Å². The zero-order chi connectivity index (χ0) is 20.7. The number of hydrogen-bond donors (Lipinski definition) is 1. The number of halogens is 3. The van der Waals surface area contributed by atoms with Crippen LogP contribution in [0.25, 0.3) is 0 Å². The number of nitrogens with one attached hydrogen (secondary N) is 1. The molecule has 0 saturated heterocycles. The van der Waals surface area contributed by atoms with E-state index < -0.39 is 23.9 Å². The summed E-state index contributed by atoms with van der Waals surface area (Å²) in [5, 5.41) is 2.49. The van der Waals surface area contributed by atoms with Crippen LogP contribution in [0.2, 0.25) is 0 Å². The Kier molecular flexibility index (Phi) is 6.86. The van der Waals surface area contributed by atoms with E-state index in [4.69, 9.17) is 4.74 Å². The van der Waals surface area contributed by atoms with Gasteiger partial charge in [0, 0.05) is 12.7 Å². The molecule has 0 bridgehead atoms.